The number of benzene rings is 1. The third-order valence-electron chi connectivity index (χ3n) is 3.90. The van der Waals surface area contributed by atoms with Crippen molar-refractivity contribution >= 4 is 6.03 Å². The van der Waals surface area contributed by atoms with Crippen LogP contribution < -0.4 is 5.32 Å². The maximum absolute atomic E-state index is 12.4. The fourth-order valence-electron chi connectivity index (χ4n) is 2.85. The van der Waals surface area contributed by atoms with Gasteiger partial charge in [0.15, 0.2) is 5.82 Å². The average Bonchev–Trinajstić information content (AvgIpc) is 3.15. The van der Waals surface area contributed by atoms with Crippen LogP contribution in [-0.2, 0) is 20.0 Å². The number of tetrazole rings is 1. The van der Waals surface area contributed by atoms with Crippen molar-refractivity contribution in [1.29, 1.82) is 0 Å². The molecule has 1 N–H and O–H groups in total. The maximum Gasteiger partial charge on any atom is 0.318 e. The SMILES string of the molecule is Cn1nnc(CNC(=O)N2CCC[C@@H]2Cc2ccccc2)n1. The summed E-state index contributed by atoms with van der Waals surface area (Å²) in [5.74, 6) is 0.523. The fraction of sp³-hybridized carbons (Fsp3) is 0.467. The van der Waals surface area contributed by atoms with Crippen LogP contribution in [-0.4, -0.2) is 43.7 Å². The molecule has 1 aliphatic heterocycles. The summed E-state index contributed by atoms with van der Waals surface area (Å²) in [5.41, 5.74) is 1.27. The summed E-state index contributed by atoms with van der Waals surface area (Å²) >= 11 is 0. The number of hydrogen-bond acceptors (Lipinski definition) is 4. The largest absolute Gasteiger partial charge is 0.331 e. The number of aromatic nitrogens is 4. The zero-order chi connectivity index (χ0) is 15.4. The first-order valence-corrected chi connectivity index (χ1v) is 7.53. The van der Waals surface area contributed by atoms with Gasteiger partial charge >= 0.3 is 6.03 Å². The van der Waals surface area contributed by atoms with Gasteiger partial charge in [0.2, 0.25) is 0 Å². The number of carbonyl (C=O) groups excluding carboxylic acids is 1. The number of amides is 2. The van der Waals surface area contributed by atoms with E-state index in [4.69, 9.17) is 0 Å². The monoisotopic (exact) mass is 300 g/mol. The Balaban J connectivity index is 1.56. The lowest BCUT2D eigenvalue weighted by Crippen LogP contribution is -2.43. The Bertz CT molecular complexity index is 626. The number of hydrogen-bond donors (Lipinski definition) is 1. The van der Waals surface area contributed by atoms with Gasteiger partial charge in [-0.2, -0.15) is 4.80 Å². The molecule has 0 bridgehead atoms. The van der Waals surface area contributed by atoms with Gasteiger partial charge < -0.3 is 10.2 Å². The quantitative estimate of drug-likeness (QED) is 0.918. The molecule has 0 radical (unpaired) electrons. The molecular weight excluding hydrogens is 280 g/mol. The minimum Gasteiger partial charge on any atom is -0.331 e. The molecule has 1 fully saturated rings. The van der Waals surface area contributed by atoms with Gasteiger partial charge in [-0.15, -0.1) is 10.2 Å². The summed E-state index contributed by atoms with van der Waals surface area (Å²) in [6.45, 7) is 1.11. The van der Waals surface area contributed by atoms with E-state index in [1.807, 2.05) is 23.1 Å². The van der Waals surface area contributed by atoms with Crippen molar-refractivity contribution in [3.63, 3.8) is 0 Å². The Kier molecular flexibility index (Phi) is 4.32. The van der Waals surface area contributed by atoms with E-state index in [2.05, 4.69) is 32.9 Å². The van der Waals surface area contributed by atoms with Crippen LogP contribution in [0.25, 0.3) is 0 Å². The third-order valence-corrected chi connectivity index (χ3v) is 3.90. The molecule has 7 heteroatoms. The van der Waals surface area contributed by atoms with Crippen LogP contribution >= 0.6 is 0 Å². The molecule has 1 saturated heterocycles. The summed E-state index contributed by atoms with van der Waals surface area (Å²) in [6, 6.07) is 10.5. The van der Waals surface area contributed by atoms with Gasteiger partial charge in [-0.25, -0.2) is 4.79 Å². The Morgan fingerprint density at radius 1 is 1.36 bits per heavy atom. The van der Waals surface area contributed by atoms with Gasteiger partial charge in [0, 0.05) is 12.6 Å². The summed E-state index contributed by atoms with van der Waals surface area (Å²) in [5, 5.41) is 14.6. The van der Waals surface area contributed by atoms with Gasteiger partial charge in [-0.3, -0.25) is 0 Å². The van der Waals surface area contributed by atoms with Gasteiger partial charge in [0.05, 0.1) is 13.6 Å². The first kappa shape index (κ1) is 14.5. The molecule has 0 unspecified atom stereocenters. The molecule has 2 aromatic rings. The van der Waals surface area contributed by atoms with Crippen LogP contribution in [0.2, 0.25) is 0 Å². The van der Waals surface area contributed by atoms with Gasteiger partial charge in [0.25, 0.3) is 0 Å². The Morgan fingerprint density at radius 3 is 2.91 bits per heavy atom. The first-order valence-electron chi connectivity index (χ1n) is 7.53. The van der Waals surface area contributed by atoms with Crippen LogP contribution in [0.3, 0.4) is 0 Å². The molecule has 0 spiro atoms. The summed E-state index contributed by atoms with van der Waals surface area (Å²) in [4.78, 5) is 15.7. The predicted molar refractivity (Wildman–Crippen MR) is 80.9 cm³/mol. The number of nitrogens with zero attached hydrogens (tertiary/aromatic N) is 5. The Morgan fingerprint density at radius 2 is 2.18 bits per heavy atom. The highest BCUT2D eigenvalue weighted by Gasteiger charge is 2.28. The van der Waals surface area contributed by atoms with Gasteiger partial charge in [0.1, 0.15) is 0 Å². The molecule has 1 atom stereocenters. The van der Waals surface area contributed by atoms with Crippen molar-refractivity contribution in [3.05, 3.63) is 41.7 Å². The van der Waals surface area contributed by atoms with E-state index in [-0.39, 0.29) is 12.1 Å². The molecule has 1 aromatic heterocycles. The molecule has 7 nitrogen and oxygen atoms in total. The number of rotatable bonds is 4. The maximum atomic E-state index is 12.4. The second-order valence-corrected chi connectivity index (χ2v) is 5.53. The van der Waals surface area contributed by atoms with Crippen LogP contribution in [0, 0.1) is 0 Å². The topological polar surface area (TPSA) is 75.9 Å². The highest BCUT2D eigenvalue weighted by molar-refractivity contribution is 5.74. The zero-order valence-electron chi connectivity index (χ0n) is 12.6. The molecule has 1 aliphatic rings. The van der Waals surface area contributed by atoms with Crippen LogP contribution in [0.5, 0.6) is 0 Å². The van der Waals surface area contributed by atoms with Gasteiger partial charge in [-0.05, 0) is 30.0 Å². The normalized spacial score (nSPS) is 17.7. The number of urea groups is 1. The number of likely N-dealkylation sites (tertiary alicyclic amines) is 1. The number of carbonyl (C=O) groups is 1. The predicted octanol–water partition coefficient (Wildman–Crippen LogP) is 1.13. The van der Waals surface area contributed by atoms with Crippen molar-refractivity contribution in [2.24, 2.45) is 7.05 Å². The summed E-state index contributed by atoms with van der Waals surface area (Å²) < 4.78 is 0. The molecule has 3 rings (SSSR count). The second kappa shape index (κ2) is 6.55. The van der Waals surface area contributed by atoms with Crippen molar-refractivity contribution in [1.82, 2.24) is 30.4 Å². The van der Waals surface area contributed by atoms with Gasteiger partial charge in [-0.1, -0.05) is 30.3 Å². The lowest BCUT2D eigenvalue weighted by molar-refractivity contribution is 0.191. The van der Waals surface area contributed by atoms with Crippen molar-refractivity contribution in [3.8, 4) is 0 Å². The molecule has 1 aromatic carbocycles. The summed E-state index contributed by atoms with van der Waals surface area (Å²) in [6.07, 6.45) is 3.00. The molecule has 2 amide bonds. The smallest absolute Gasteiger partial charge is 0.318 e. The van der Waals surface area contributed by atoms with E-state index in [0.29, 0.717) is 12.4 Å². The van der Waals surface area contributed by atoms with E-state index in [9.17, 15) is 4.79 Å². The molecule has 0 saturated carbocycles. The van der Waals surface area contributed by atoms with Crippen LogP contribution in [0.15, 0.2) is 30.3 Å². The average molecular weight is 300 g/mol. The molecular formula is C15H20N6O. The van der Waals surface area contributed by atoms with E-state index < -0.39 is 0 Å². The number of aryl methyl sites for hydroxylation is 1. The molecule has 2 heterocycles. The van der Waals surface area contributed by atoms with E-state index in [1.54, 1.807) is 7.05 Å². The van der Waals surface area contributed by atoms with Crippen molar-refractivity contribution in [2.45, 2.75) is 31.8 Å². The van der Waals surface area contributed by atoms with Crippen molar-refractivity contribution in [2.75, 3.05) is 6.54 Å². The highest BCUT2D eigenvalue weighted by atomic mass is 16.2. The Labute approximate surface area is 129 Å². The van der Waals surface area contributed by atoms with E-state index in [0.717, 1.165) is 25.8 Å². The molecule has 0 aliphatic carbocycles. The minimum absolute atomic E-state index is 0.0501. The summed E-state index contributed by atoms with van der Waals surface area (Å²) in [7, 11) is 1.70. The second-order valence-electron chi connectivity index (χ2n) is 5.53. The zero-order valence-corrected chi connectivity index (χ0v) is 12.6. The standard InChI is InChI=1S/C15H20N6O/c1-20-18-14(17-19-20)11-16-15(22)21-9-5-8-13(21)10-12-6-3-2-4-7-12/h2-4,6-7,13H,5,8-11H2,1H3,(H,16,22)/t13-/m1/s1. The molecule has 22 heavy (non-hydrogen) atoms. The third kappa shape index (κ3) is 3.41. The first-order chi connectivity index (χ1) is 10.7. The van der Waals surface area contributed by atoms with Crippen LogP contribution in [0.1, 0.15) is 24.2 Å². The highest BCUT2D eigenvalue weighted by Crippen LogP contribution is 2.21. The van der Waals surface area contributed by atoms with Crippen molar-refractivity contribution < 1.29 is 4.79 Å². The lowest BCUT2D eigenvalue weighted by Gasteiger charge is -2.24. The van der Waals surface area contributed by atoms with E-state index in [1.165, 1.54) is 10.4 Å². The minimum atomic E-state index is -0.0501. The Hall–Kier alpha value is -2.44. The van der Waals surface area contributed by atoms with Crippen LogP contribution in [0.4, 0.5) is 4.79 Å². The fourth-order valence-corrected chi connectivity index (χ4v) is 2.85. The number of nitrogens with one attached hydrogen (secondary N) is 1. The lowest BCUT2D eigenvalue weighted by atomic mass is 10.0. The molecule has 116 valence electrons. The van der Waals surface area contributed by atoms with E-state index >= 15 is 0 Å².